The predicted octanol–water partition coefficient (Wildman–Crippen LogP) is 1.57. The maximum Gasteiger partial charge on any atom is 0.320 e. The van der Waals surface area contributed by atoms with Crippen molar-refractivity contribution >= 4 is 5.97 Å². The van der Waals surface area contributed by atoms with Gasteiger partial charge in [0.05, 0.1) is 14.2 Å². The topological polar surface area (TPSA) is 67.8 Å². The molecule has 0 aliphatic heterocycles. The number of carboxylic acid groups (broad SMARTS) is 1. The van der Waals surface area contributed by atoms with E-state index in [9.17, 15) is 4.79 Å². The first-order valence-electron chi connectivity index (χ1n) is 5.67. The summed E-state index contributed by atoms with van der Waals surface area (Å²) in [4.78, 5) is 10.7. The largest absolute Gasteiger partial charge is 0.493 e. The Bertz CT molecular complexity index is 431. The van der Waals surface area contributed by atoms with Crippen LogP contribution >= 0.6 is 0 Å². The van der Waals surface area contributed by atoms with Crippen LogP contribution < -0.4 is 14.8 Å². The van der Waals surface area contributed by atoms with Crippen LogP contribution in [-0.2, 0) is 11.3 Å². The average molecular weight is 253 g/mol. The number of nitrogens with one attached hydrogen (secondary N) is 1. The van der Waals surface area contributed by atoms with Gasteiger partial charge < -0.3 is 19.9 Å². The molecular weight excluding hydrogens is 234 g/mol. The molecule has 100 valence electrons. The number of ether oxygens (including phenoxy) is 2. The van der Waals surface area contributed by atoms with Crippen LogP contribution in [0, 0.1) is 6.92 Å². The summed E-state index contributed by atoms with van der Waals surface area (Å²) in [5.74, 6) is 0.445. The Morgan fingerprint density at radius 2 is 1.89 bits per heavy atom. The minimum Gasteiger partial charge on any atom is -0.493 e. The number of hydrogen-bond acceptors (Lipinski definition) is 4. The van der Waals surface area contributed by atoms with Gasteiger partial charge in [0.25, 0.3) is 0 Å². The van der Waals surface area contributed by atoms with Crippen LogP contribution in [0.5, 0.6) is 11.5 Å². The fraction of sp³-hybridized carbons (Fsp3) is 0.462. The Labute approximate surface area is 107 Å². The van der Waals surface area contributed by atoms with Gasteiger partial charge in [-0.2, -0.15) is 0 Å². The summed E-state index contributed by atoms with van der Waals surface area (Å²) in [5, 5.41) is 11.7. The van der Waals surface area contributed by atoms with Gasteiger partial charge in [0.15, 0.2) is 11.5 Å². The fourth-order valence-electron chi connectivity index (χ4n) is 1.56. The molecule has 0 bridgehead atoms. The Morgan fingerprint density at radius 1 is 1.33 bits per heavy atom. The highest BCUT2D eigenvalue weighted by Gasteiger charge is 2.12. The van der Waals surface area contributed by atoms with E-state index >= 15 is 0 Å². The number of aryl methyl sites for hydroxylation is 1. The molecule has 0 saturated carbocycles. The Kier molecular flexibility index (Phi) is 4.97. The van der Waals surface area contributed by atoms with Crippen LogP contribution in [0.2, 0.25) is 0 Å². The summed E-state index contributed by atoms with van der Waals surface area (Å²) in [6.07, 6.45) is 0. The third-order valence-electron chi connectivity index (χ3n) is 2.81. The van der Waals surface area contributed by atoms with Crippen molar-refractivity contribution in [3.8, 4) is 11.5 Å². The molecule has 0 fully saturated rings. The molecule has 0 radical (unpaired) electrons. The maximum atomic E-state index is 10.7. The van der Waals surface area contributed by atoms with Gasteiger partial charge in [0.2, 0.25) is 0 Å². The molecule has 5 heteroatoms. The average Bonchev–Trinajstić information content (AvgIpc) is 2.36. The van der Waals surface area contributed by atoms with Crippen molar-refractivity contribution < 1.29 is 19.4 Å². The lowest BCUT2D eigenvalue weighted by Crippen LogP contribution is -2.33. The van der Waals surface area contributed by atoms with Gasteiger partial charge in [0.1, 0.15) is 6.04 Å². The third-order valence-corrected chi connectivity index (χ3v) is 2.81. The van der Waals surface area contributed by atoms with Crippen molar-refractivity contribution in [2.24, 2.45) is 0 Å². The Balaban J connectivity index is 2.86. The molecule has 0 saturated heterocycles. The standard InChI is InChI=1S/C13H19NO4/c1-8-5-11(17-3)12(18-4)6-10(8)7-14-9(2)13(15)16/h5-6,9,14H,7H2,1-4H3,(H,15,16). The van der Waals surface area contributed by atoms with Crippen molar-refractivity contribution in [3.63, 3.8) is 0 Å². The van der Waals surface area contributed by atoms with Gasteiger partial charge in [-0.1, -0.05) is 0 Å². The molecule has 1 aromatic rings. The van der Waals surface area contributed by atoms with Crippen LogP contribution in [0.4, 0.5) is 0 Å². The van der Waals surface area contributed by atoms with Gasteiger partial charge in [-0.15, -0.1) is 0 Å². The molecule has 1 aromatic carbocycles. The summed E-state index contributed by atoms with van der Waals surface area (Å²) in [7, 11) is 3.16. The zero-order valence-corrected chi connectivity index (χ0v) is 11.1. The summed E-state index contributed by atoms with van der Waals surface area (Å²) in [6.45, 7) is 4.03. The predicted molar refractivity (Wildman–Crippen MR) is 68.2 cm³/mol. The molecule has 18 heavy (non-hydrogen) atoms. The van der Waals surface area contributed by atoms with E-state index in [0.29, 0.717) is 18.0 Å². The number of rotatable bonds is 6. The van der Waals surface area contributed by atoms with E-state index < -0.39 is 12.0 Å². The first-order valence-corrected chi connectivity index (χ1v) is 5.67. The van der Waals surface area contributed by atoms with Crippen LogP contribution in [0.1, 0.15) is 18.1 Å². The van der Waals surface area contributed by atoms with Crippen molar-refractivity contribution in [3.05, 3.63) is 23.3 Å². The van der Waals surface area contributed by atoms with Crippen molar-refractivity contribution in [1.82, 2.24) is 5.32 Å². The minimum atomic E-state index is -0.867. The first-order chi connectivity index (χ1) is 8.49. The quantitative estimate of drug-likeness (QED) is 0.805. The van der Waals surface area contributed by atoms with E-state index in [1.165, 1.54) is 0 Å². The smallest absolute Gasteiger partial charge is 0.320 e. The Morgan fingerprint density at radius 3 is 2.39 bits per heavy atom. The van der Waals surface area contributed by atoms with Crippen LogP contribution in [0.25, 0.3) is 0 Å². The van der Waals surface area contributed by atoms with E-state index in [0.717, 1.165) is 11.1 Å². The highest BCUT2D eigenvalue weighted by molar-refractivity contribution is 5.72. The number of carbonyl (C=O) groups is 1. The molecule has 1 rings (SSSR count). The molecular formula is C13H19NO4. The van der Waals surface area contributed by atoms with Gasteiger partial charge in [-0.3, -0.25) is 4.79 Å². The first kappa shape index (κ1) is 14.3. The summed E-state index contributed by atoms with van der Waals surface area (Å²) < 4.78 is 10.4. The Hall–Kier alpha value is -1.75. The highest BCUT2D eigenvalue weighted by Crippen LogP contribution is 2.30. The molecule has 0 aliphatic carbocycles. The third kappa shape index (κ3) is 3.37. The highest BCUT2D eigenvalue weighted by atomic mass is 16.5. The lowest BCUT2D eigenvalue weighted by atomic mass is 10.1. The van der Waals surface area contributed by atoms with Gasteiger partial charge in [-0.25, -0.2) is 0 Å². The molecule has 1 unspecified atom stereocenters. The number of carboxylic acids is 1. The zero-order chi connectivity index (χ0) is 13.7. The van der Waals surface area contributed by atoms with E-state index in [4.69, 9.17) is 14.6 Å². The van der Waals surface area contributed by atoms with E-state index in [2.05, 4.69) is 5.32 Å². The lowest BCUT2D eigenvalue weighted by Gasteiger charge is -2.14. The second-order valence-electron chi connectivity index (χ2n) is 4.07. The molecule has 0 spiro atoms. The van der Waals surface area contributed by atoms with E-state index in [1.807, 2.05) is 19.1 Å². The van der Waals surface area contributed by atoms with Crippen LogP contribution in [-0.4, -0.2) is 31.3 Å². The SMILES string of the molecule is COc1cc(C)c(CNC(C)C(=O)O)cc1OC. The molecule has 5 nitrogen and oxygen atoms in total. The molecule has 0 aromatic heterocycles. The second-order valence-corrected chi connectivity index (χ2v) is 4.07. The summed E-state index contributed by atoms with van der Waals surface area (Å²) in [6, 6.07) is 3.15. The van der Waals surface area contributed by atoms with Gasteiger partial charge in [-0.05, 0) is 37.1 Å². The lowest BCUT2D eigenvalue weighted by molar-refractivity contribution is -0.139. The molecule has 0 heterocycles. The number of hydrogen-bond donors (Lipinski definition) is 2. The van der Waals surface area contributed by atoms with Crippen LogP contribution in [0.3, 0.4) is 0 Å². The summed E-state index contributed by atoms with van der Waals surface area (Å²) >= 11 is 0. The number of methoxy groups -OCH3 is 2. The monoisotopic (exact) mass is 253 g/mol. The van der Waals surface area contributed by atoms with Crippen molar-refractivity contribution in [2.45, 2.75) is 26.4 Å². The fourth-order valence-corrected chi connectivity index (χ4v) is 1.56. The van der Waals surface area contributed by atoms with Gasteiger partial charge >= 0.3 is 5.97 Å². The number of aliphatic carboxylic acids is 1. The molecule has 0 aliphatic rings. The number of benzene rings is 1. The molecule has 0 amide bonds. The molecule has 1 atom stereocenters. The maximum absolute atomic E-state index is 10.7. The van der Waals surface area contributed by atoms with Crippen LogP contribution in [0.15, 0.2) is 12.1 Å². The molecule has 2 N–H and O–H groups in total. The summed E-state index contributed by atoms with van der Waals surface area (Å²) in [5.41, 5.74) is 2.01. The normalized spacial score (nSPS) is 12.0. The second kappa shape index (κ2) is 6.26. The van der Waals surface area contributed by atoms with E-state index in [1.54, 1.807) is 21.1 Å². The minimum absolute atomic E-state index is 0.472. The van der Waals surface area contributed by atoms with Crippen molar-refractivity contribution in [2.75, 3.05) is 14.2 Å². The van der Waals surface area contributed by atoms with E-state index in [-0.39, 0.29) is 0 Å². The van der Waals surface area contributed by atoms with Gasteiger partial charge in [0, 0.05) is 6.54 Å². The van der Waals surface area contributed by atoms with Crippen molar-refractivity contribution in [1.29, 1.82) is 0 Å². The zero-order valence-electron chi connectivity index (χ0n) is 11.1.